The fourth-order valence-electron chi connectivity index (χ4n) is 4.51. The maximum Gasteiger partial charge on any atom is 0.253 e. The van der Waals surface area contributed by atoms with Gasteiger partial charge in [-0.2, -0.15) is 0 Å². The van der Waals surface area contributed by atoms with Crippen molar-refractivity contribution < 1.29 is 9.59 Å². The predicted octanol–water partition coefficient (Wildman–Crippen LogP) is 4.09. The maximum atomic E-state index is 13.2. The number of benzene rings is 2. The molecule has 2 aliphatic heterocycles. The number of carbonyl (C=O) groups excluding carboxylic acids is 1. The topological polar surface area (TPSA) is 66.6 Å². The summed E-state index contributed by atoms with van der Waals surface area (Å²) in [5.41, 5.74) is 10.4. The van der Waals surface area contributed by atoms with Crippen molar-refractivity contribution in [2.75, 3.05) is 18.8 Å². The highest BCUT2D eigenvalue weighted by Crippen LogP contribution is 2.43. The van der Waals surface area contributed by atoms with Gasteiger partial charge in [0.05, 0.1) is 0 Å². The van der Waals surface area contributed by atoms with Gasteiger partial charge in [-0.3, -0.25) is 4.79 Å². The number of carbonyl (C=O) groups is 1. The SMILES string of the molecule is C[Si](C)(O)C1CSc2ccc(C(=O)N3CCC(c4cccc(CN)c4)CC3)cc21. The summed E-state index contributed by atoms with van der Waals surface area (Å²) in [5, 5.41) is 0. The van der Waals surface area contributed by atoms with E-state index in [0.717, 1.165) is 37.2 Å². The molecule has 2 aromatic carbocycles. The Hall–Kier alpha value is -1.60. The third-order valence-corrected chi connectivity index (χ3v) is 10.0. The van der Waals surface area contributed by atoms with Crippen molar-refractivity contribution in [2.24, 2.45) is 5.73 Å². The fourth-order valence-corrected chi connectivity index (χ4v) is 8.55. The molecule has 2 aliphatic rings. The van der Waals surface area contributed by atoms with Gasteiger partial charge in [0.2, 0.25) is 0 Å². The lowest BCUT2D eigenvalue weighted by Crippen LogP contribution is -2.38. The van der Waals surface area contributed by atoms with Crippen LogP contribution in [-0.4, -0.2) is 42.8 Å². The largest absolute Gasteiger partial charge is 0.432 e. The van der Waals surface area contributed by atoms with E-state index < -0.39 is 8.32 Å². The number of hydrogen-bond acceptors (Lipinski definition) is 4. The first-order valence-electron chi connectivity index (χ1n) is 10.4. The van der Waals surface area contributed by atoms with Crippen molar-refractivity contribution in [1.82, 2.24) is 4.90 Å². The van der Waals surface area contributed by atoms with Crippen molar-refractivity contribution >= 4 is 26.0 Å². The van der Waals surface area contributed by atoms with Gasteiger partial charge in [-0.1, -0.05) is 24.3 Å². The van der Waals surface area contributed by atoms with Gasteiger partial charge < -0.3 is 15.4 Å². The summed E-state index contributed by atoms with van der Waals surface area (Å²) >= 11 is 1.80. The Morgan fingerprint density at radius 3 is 2.66 bits per heavy atom. The lowest BCUT2D eigenvalue weighted by Gasteiger charge is -2.32. The van der Waals surface area contributed by atoms with Gasteiger partial charge in [-0.15, -0.1) is 11.8 Å². The zero-order valence-corrected chi connectivity index (χ0v) is 19.0. The molecule has 29 heavy (non-hydrogen) atoms. The Kier molecular flexibility index (Phi) is 5.89. The molecule has 0 saturated carbocycles. The monoisotopic (exact) mass is 426 g/mol. The van der Waals surface area contributed by atoms with Crippen LogP contribution in [0.25, 0.3) is 0 Å². The molecule has 1 atom stereocenters. The molecule has 4 rings (SSSR count). The van der Waals surface area contributed by atoms with Crippen molar-refractivity contribution in [3.05, 3.63) is 64.7 Å². The molecule has 0 bridgehead atoms. The van der Waals surface area contributed by atoms with Crippen LogP contribution in [0.2, 0.25) is 13.1 Å². The van der Waals surface area contributed by atoms with Crippen molar-refractivity contribution in [1.29, 1.82) is 0 Å². The minimum absolute atomic E-state index is 0.120. The van der Waals surface area contributed by atoms with E-state index in [-0.39, 0.29) is 11.4 Å². The molecular weight excluding hydrogens is 396 g/mol. The van der Waals surface area contributed by atoms with E-state index in [1.165, 1.54) is 21.6 Å². The van der Waals surface area contributed by atoms with Crippen LogP contribution < -0.4 is 5.73 Å². The average molecular weight is 427 g/mol. The number of nitrogens with zero attached hydrogens (tertiary/aromatic N) is 1. The second kappa shape index (κ2) is 8.26. The van der Waals surface area contributed by atoms with Gasteiger partial charge in [-0.05, 0) is 66.7 Å². The number of likely N-dealkylation sites (tertiary alicyclic amines) is 1. The van der Waals surface area contributed by atoms with Crippen molar-refractivity contribution in [3.8, 4) is 0 Å². The van der Waals surface area contributed by atoms with Gasteiger partial charge in [-0.25, -0.2) is 0 Å². The molecule has 0 radical (unpaired) electrons. The summed E-state index contributed by atoms with van der Waals surface area (Å²) in [5.74, 6) is 1.54. The number of nitrogens with two attached hydrogens (primary N) is 1. The van der Waals surface area contributed by atoms with E-state index >= 15 is 0 Å². The number of amides is 1. The summed E-state index contributed by atoms with van der Waals surface area (Å²) in [6, 6.07) is 14.6. The third kappa shape index (κ3) is 4.31. The molecule has 0 spiro atoms. The van der Waals surface area contributed by atoms with Gasteiger partial charge in [0.25, 0.3) is 5.91 Å². The van der Waals surface area contributed by atoms with Gasteiger partial charge >= 0.3 is 0 Å². The summed E-state index contributed by atoms with van der Waals surface area (Å²) in [6.45, 7) is 6.12. The molecule has 1 unspecified atom stereocenters. The number of thioether (sulfide) groups is 1. The number of hydrogen-bond donors (Lipinski definition) is 2. The van der Waals surface area contributed by atoms with E-state index in [0.29, 0.717) is 12.5 Å². The minimum Gasteiger partial charge on any atom is -0.432 e. The van der Waals surface area contributed by atoms with Crippen molar-refractivity contribution in [2.45, 2.75) is 48.8 Å². The molecule has 2 aromatic rings. The first-order chi connectivity index (χ1) is 13.9. The average Bonchev–Trinajstić information content (AvgIpc) is 3.17. The minimum atomic E-state index is -2.28. The highest BCUT2D eigenvalue weighted by molar-refractivity contribution is 7.99. The first-order valence-corrected chi connectivity index (χ1v) is 14.4. The number of fused-ring (bicyclic) bond motifs is 1. The Morgan fingerprint density at radius 1 is 1.21 bits per heavy atom. The van der Waals surface area contributed by atoms with Crippen LogP contribution in [0.15, 0.2) is 47.4 Å². The molecule has 1 fully saturated rings. The number of piperidine rings is 1. The molecule has 1 saturated heterocycles. The molecule has 0 aromatic heterocycles. The zero-order chi connectivity index (χ0) is 20.6. The van der Waals surface area contributed by atoms with E-state index in [1.807, 2.05) is 30.1 Å². The van der Waals surface area contributed by atoms with Crippen LogP contribution >= 0.6 is 11.8 Å². The van der Waals surface area contributed by atoms with E-state index in [4.69, 9.17) is 5.73 Å². The van der Waals surface area contributed by atoms with E-state index in [1.54, 1.807) is 11.8 Å². The number of rotatable bonds is 4. The van der Waals surface area contributed by atoms with Crippen LogP contribution in [0.3, 0.4) is 0 Å². The highest BCUT2D eigenvalue weighted by Gasteiger charge is 2.37. The summed E-state index contributed by atoms with van der Waals surface area (Å²) < 4.78 is 0. The van der Waals surface area contributed by atoms with Gasteiger partial charge in [0.1, 0.15) is 0 Å². The smallest absolute Gasteiger partial charge is 0.253 e. The lowest BCUT2D eigenvalue weighted by molar-refractivity contribution is 0.0712. The van der Waals surface area contributed by atoms with Crippen LogP contribution in [0.1, 0.15) is 51.3 Å². The Morgan fingerprint density at radius 2 is 1.97 bits per heavy atom. The lowest BCUT2D eigenvalue weighted by atomic mass is 9.88. The maximum absolute atomic E-state index is 13.2. The third-order valence-electron chi connectivity index (χ3n) is 6.33. The second-order valence-corrected chi connectivity index (χ2v) is 13.9. The molecular formula is C23H30N2O2SSi. The molecule has 2 heterocycles. The molecule has 0 aliphatic carbocycles. The van der Waals surface area contributed by atoms with Crippen LogP contribution in [0.5, 0.6) is 0 Å². The summed E-state index contributed by atoms with van der Waals surface area (Å²) in [7, 11) is -2.28. The molecule has 3 N–H and O–H groups in total. The standard InChI is InChI=1S/C23H30N2O2SSi/c1-29(2,27)22-15-28-21-7-6-19(13-20(21)22)23(26)25-10-8-17(9-11-25)18-5-3-4-16(12-18)14-24/h3-7,12-13,17,22,27H,8-11,14-15,24H2,1-2H3. The van der Waals surface area contributed by atoms with Gasteiger partial charge in [0.15, 0.2) is 8.32 Å². The van der Waals surface area contributed by atoms with Crippen molar-refractivity contribution in [3.63, 3.8) is 0 Å². The molecule has 6 heteroatoms. The molecule has 1 amide bonds. The molecule has 4 nitrogen and oxygen atoms in total. The summed E-state index contributed by atoms with van der Waals surface area (Å²) in [6.07, 6.45) is 1.97. The van der Waals surface area contributed by atoms with Crippen LogP contribution in [0, 0.1) is 0 Å². The zero-order valence-electron chi connectivity index (χ0n) is 17.2. The Balaban J connectivity index is 1.45. The fraction of sp³-hybridized carbons (Fsp3) is 0.435. The van der Waals surface area contributed by atoms with Gasteiger partial charge in [0, 0.05) is 41.4 Å². The quantitative estimate of drug-likeness (QED) is 0.723. The first kappa shape index (κ1) is 20.7. The normalized spacial score (nSPS) is 20.0. The van der Waals surface area contributed by atoms with Crippen LogP contribution in [-0.2, 0) is 6.54 Å². The van der Waals surface area contributed by atoms with E-state index in [9.17, 15) is 9.59 Å². The Bertz CT molecular complexity index is 904. The highest BCUT2D eigenvalue weighted by atomic mass is 32.2. The van der Waals surface area contributed by atoms with Crippen LogP contribution in [0.4, 0.5) is 0 Å². The molecule has 154 valence electrons. The second-order valence-electron chi connectivity index (χ2n) is 8.79. The van der Waals surface area contributed by atoms with E-state index in [2.05, 4.69) is 30.3 Å². The Labute approximate surface area is 178 Å². The summed E-state index contributed by atoms with van der Waals surface area (Å²) in [4.78, 5) is 27.0. The predicted molar refractivity (Wildman–Crippen MR) is 122 cm³/mol.